The number of fused-ring (bicyclic) bond motifs is 10. The van der Waals surface area contributed by atoms with Gasteiger partial charge in [-0.3, -0.25) is 4.99 Å². The fraction of sp³-hybridized carbons (Fsp3) is 0.0426. The molecule has 0 spiro atoms. The number of aromatic nitrogens is 1. The molecule has 10 rings (SSSR count). The summed E-state index contributed by atoms with van der Waals surface area (Å²) < 4.78 is 8.65. The van der Waals surface area contributed by atoms with Crippen molar-refractivity contribution in [3.8, 4) is 5.69 Å². The highest BCUT2D eigenvalue weighted by Crippen LogP contribution is 2.40. The number of hydrogen-bond donors (Lipinski definition) is 1. The number of aliphatic imine (C=N–C) groups is 1. The van der Waals surface area contributed by atoms with Gasteiger partial charge in [0.15, 0.2) is 0 Å². The van der Waals surface area contributed by atoms with Gasteiger partial charge >= 0.3 is 0 Å². The number of para-hydroxylation sites is 2. The van der Waals surface area contributed by atoms with Gasteiger partial charge in [0, 0.05) is 57.6 Å². The maximum atomic E-state index is 6.22. The minimum absolute atomic E-state index is 0.660. The van der Waals surface area contributed by atoms with Crippen molar-refractivity contribution < 1.29 is 4.42 Å². The third kappa shape index (κ3) is 4.72. The minimum atomic E-state index is 0.660. The van der Waals surface area contributed by atoms with Crippen LogP contribution >= 0.6 is 0 Å². The molecule has 242 valence electrons. The second kappa shape index (κ2) is 11.7. The molecular weight excluding hydrogens is 623 g/mol. The number of benzene rings is 8. The molecule has 4 heteroatoms. The van der Waals surface area contributed by atoms with Crippen LogP contribution < -0.4 is 5.32 Å². The van der Waals surface area contributed by atoms with E-state index in [1.165, 1.54) is 48.9 Å². The average molecular weight is 656 g/mol. The van der Waals surface area contributed by atoms with E-state index in [2.05, 4.69) is 155 Å². The summed E-state index contributed by atoms with van der Waals surface area (Å²) in [6, 6.07) is 58.4. The summed E-state index contributed by atoms with van der Waals surface area (Å²) >= 11 is 0. The molecule has 0 aliphatic heterocycles. The Bertz CT molecular complexity index is 2910. The second-order valence-corrected chi connectivity index (χ2v) is 13.1. The van der Waals surface area contributed by atoms with Crippen LogP contribution in [0.2, 0.25) is 0 Å². The largest absolute Gasteiger partial charge is 0.456 e. The van der Waals surface area contributed by atoms with Crippen LogP contribution in [0.1, 0.15) is 16.7 Å². The summed E-state index contributed by atoms with van der Waals surface area (Å²) in [6.45, 7) is 0.660. The fourth-order valence-electron chi connectivity index (χ4n) is 7.95. The molecule has 0 radical (unpaired) electrons. The van der Waals surface area contributed by atoms with Crippen LogP contribution in [0, 0.1) is 0 Å². The highest BCUT2D eigenvalue weighted by Gasteiger charge is 2.18. The number of furan rings is 1. The number of hydrogen-bond acceptors (Lipinski definition) is 3. The van der Waals surface area contributed by atoms with Crippen molar-refractivity contribution in [1.29, 1.82) is 0 Å². The summed E-state index contributed by atoms with van der Waals surface area (Å²) in [5.74, 6) is 0. The lowest BCUT2D eigenvalue weighted by molar-refractivity contribution is 0.669. The molecule has 0 aliphatic rings. The van der Waals surface area contributed by atoms with Gasteiger partial charge in [0.1, 0.15) is 11.2 Å². The Hall–Kier alpha value is -6.65. The Morgan fingerprint density at radius 3 is 1.96 bits per heavy atom. The van der Waals surface area contributed by atoms with E-state index < -0.39 is 0 Å². The van der Waals surface area contributed by atoms with E-state index in [1.807, 2.05) is 25.2 Å². The molecule has 0 saturated heterocycles. The zero-order valence-corrected chi connectivity index (χ0v) is 28.1. The summed E-state index contributed by atoms with van der Waals surface area (Å²) in [5.41, 5.74) is 10.5. The molecule has 0 saturated carbocycles. The molecule has 0 bridgehead atoms. The Kier molecular flexibility index (Phi) is 6.75. The molecule has 0 fully saturated rings. The Morgan fingerprint density at radius 2 is 1.22 bits per heavy atom. The van der Waals surface area contributed by atoms with E-state index >= 15 is 0 Å². The monoisotopic (exact) mass is 655 g/mol. The van der Waals surface area contributed by atoms with Crippen molar-refractivity contribution in [2.75, 3.05) is 12.4 Å². The van der Waals surface area contributed by atoms with Crippen LogP contribution in [0.5, 0.6) is 0 Å². The average Bonchev–Trinajstić information content (AvgIpc) is 3.74. The molecule has 0 amide bonds. The molecule has 1 N–H and O–H groups in total. The third-order valence-electron chi connectivity index (χ3n) is 10.3. The topological polar surface area (TPSA) is 42.5 Å². The number of nitrogens with zero attached hydrogens (tertiary/aromatic N) is 2. The lowest BCUT2D eigenvalue weighted by Crippen LogP contribution is -2.09. The van der Waals surface area contributed by atoms with Crippen molar-refractivity contribution in [2.24, 2.45) is 4.99 Å². The minimum Gasteiger partial charge on any atom is -0.456 e. The Balaban J connectivity index is 1.03. The van der Waals surface area contributed by atoms with E-state index in [0.29, 0.717) is 6.54 Å². The molecule has 4 nitrogen and oxygen atoms in total. The second-order valence-electron chi connectivity index (χ2n) is 13.1. The molecule has 0 atom stereocenters. The Morgan fingerprint density at radius 1 is 0.569 bits per heavy atom. The van der Waals surface area contributed by atoms with Gasteiger partial charge in [-0.25, -0.2) is 0 Å². The third-order valence-corrected chi connectivity index (χ3v) is 10.3. The summed E-state index contributed by atoms with van der Waals surface area (Å²) in [7, 11) is 1.86. The highest BCUT2D eigenvalue weighted by molar-refractivity contribution is 6.28. The first-order valence-electron chi connectivity index (χ1n) is 17.4. The predicted octanol–water partition coefficient (Wildman–Crippen LogP) is 12.1. The van der Waals surface area contributed by atoms with E-state index in [0.717, 1.165) is 50.2 Å². The lowest BCUT2D eigenvalue weighted by atomic mass is 9.99. The molecule has 10 aromatic rings. The van der Waals surface area contributed by atoms with E-state index in [4.69, 9.17) is 9.41 Å². The first-order valence-corrected chi connectivity index (χ1v) is 17.4. The van der Waals surface area contributed by atoms with Crippen molar-refractivity contribution in [3.05, 3.63) is 180 Å². The molecular formula is C47H33N3O. The van der Waals surface area contributed by atoms with Gasteiger partial charge in [-0.2, -0.15) is 0 Å². The number of nitrogens with one attached hydrogen (secondary N) is 1. The molecule has 2 aromatic heterocycles. The first-order chi connectivity index (χ1) is 25.2. The summed E-state index contributed by atoms with van der Waals surface area (Å²) in [6.07, 6.45) is 0. The van der Waals surface area contributed by atoms with Crippen LogP contribution in [0.15, 0.2) is 173 Å². The van der Waals surface area contributed by atoms with Gasteiger partial charge in [-0.15, -0.1) is 0 Å². The van der Waals surface area contributed by atoms with Crippen molar-refractivity contribution in [2.45, 2.75) is 6.54 Å². The normalized spacial score (nSPS) is 12.2. The van der Waals surface area contributed by atoms with Crippen molar-refractivity contribution in [3.63, 3.8) is 0 Å². The standard InChI is InChI=1S/C47H33N3O/c1-48-47(33-21-24-38-37-17-7-9-20-43(37)51-44(38)28-33)39-18-6-8-19-40(39)49-29-30-11-10-14-34(27-30)50-41-25-22-31-12-2-4-15-35(31)45(41)46-36-16-5-3-13-32(36)23-26-42(46)50/h2-28,49H,29H2,1H3. The van der Waals surface area contributed by atoms with Crippen molar-refractivity contribution in [1.82, 2.24) is 4.57 Å². The number of rotatable bonds is 6. The van der Waals surface area contributed by atoms with Gasteiger partial charge in [-0.05, 0) is 75.6 Å². The maximum absolute atomic E-state index is 6.22. The lowest BCUT2D eigenvalue weighted by Gasteiger charge is -2.15. The first kappa shape index (κ1) is 29.3. The van der Waals surface area contributed by atoms with Gasteiger partial charge in [-0.1, -0.05) is 115 Å². The molecule has 0 aliphatic carbocycles. The van der Waals surface area contributed by atoms with Gasteiger partial charge in [0.25, 0.3) is 0 Å². The zero-order valence-electron chi connectivity index (χ0n) is 28.1. The number of anilines is 1. The van der Waals surface area contributed by atoms with E-state index in [1.54, 1.807) is 0 Å². The maximum Gasteiger partial charge on any atom is 0.136 e. The van der Waals surface area contributed by atoms with E-state index in [-0.39, 0.29) is 0 Å². The van der Waals surface area contributed by atoms with Crippen LogP contribution in [0.4, 0.5) is 5.69 Å². The van der Waals surface area contributed by atoms with Gasteiger partial charge in [0.05, 0.1) is 16.7 Å². The van der Waals surface area contributed by atoms with Gasteiger partial charge < -0.3 is 14.3 Å². The molecule has 2 heterocycles. The van der Waals surface area contributed by atoms with Crippen LogP contribution in [-0.2, 0) is 6.54 Å². The summed E-state index contributed by atoms with van der Waals surface area (Å²) in [5, 5.41) is 13.6. The quantitative estimate of drug-likeness (QED) is 0.181. The SMILES string of the molecule is CN=C(c1ccc2c(c1)oc1ccccc12)c1ccccc1NCc1cccc(-n2c3ccc4ccccc4c3c3c4ccccc4ccc32)c1. The zero-order chi connectivity index (χ0) is 33.9. The van der Waals surface area contributed by atoms with Crippen LogP contribution in [0.3, 0.4) is 0 Å². The van der Waals surface area contributed by atoms with Crippen LogP contribution in [-0.4, -0.2) is 17.3 Å². The molecule has 0 unspecified atom stereocenters. The highest BCUT2D eigenvalue weighted by atomic mass is 16.3. The van der Waals surface area contributed by atoms with Gasteiger partial charge in [0.2, 0.25) is 0 Å². The Labute approximate surface area is 294 Å². The molecule has 8 aromatic carbocycles. The van der Waals surface area contributed by atoms with Crippen molar-refractivity contribution >= 4 is 76.7 Å². The predicted molar refractivity (Wildman–Crippen MR) is 215 cm³/mol. The fourth-order valence-corrected chi connectivity index (χ4v) is 7.95. The van der Waals surface area contributed by atoms with Crippen LogP contribution in [0.25, 0.3) is 71.0 Å². The smallest absolute Gasteiger partial charge is 0.136 e. The molecule has 51 heavy (non-hydrogen) atoms. The van der Waals surface area contributed by atoms with E-state index in [9.17, 15) is 0 Å². The summed E-state index contributed by atoms with van der Waals surface area (Å²) in [4.78, 5) is 4.79.